The predicted octanol–water partition coefficient (Wildman–Crippen LogP) is 3.44. The lowest BCUT2D eigenvalue weighted by molar-refractivity contribution is -0.138. The summed E-state index contributed by atoms with van der Waals surface area (Å²) >= 11 is 0. The highest BCUT2D eigenvalue weighted by Crippen LogP contribution is 2.36. The van der Waals surface area contributed by atoms with Gasteiger partial charge in [-0.05, 0) is 49.6 Å². The van der Waals surface area contributed by atoms with Crippen molar-refractivity contribution < 1.29 is 23.9 Å². The number of para-hydroxylation sites is 1. The third kappa shape index (κ3) is 5.11. The van der Waals surface area contributed by atoms with Crippen molar-refractivity contribution in [3.8, 4) is 5.75 Å². The second-order valence-corrected chi connectivity index (χ2v) is 7.39. The smallest absolute Gasteiger partial charge is 0.259 e. The van der Waals surface area contributed by atoms with Crippen molar-refractivity contribution in [3.05, 3.63) is 59.7 Å². The minimum atomic E-state index is -0.725. The number of rotatable bonds is 9. The molecule has 0 radical (unpaired) electrons. The van der Waals surface area contributed by atoms with Crippen molar-refractivity contribution in [2.75, 3.05) is 25.1 Å². The van der Waals surface area contributed by atoms with Crippen molar-refractivity contribution in [2.45, 2.75) is 38.5 Å². The van der Waals surface area contributed by atoms with Crippen LogP contribution in [0.1, 0.15) is 49.0 Å². The van der Waals surface area contributed by atoms with Crippen LogP contribution in [0.4, 0.5) is 5.69 Å². The Kier molecular flexibility index (Phi) is 7.41. The summed E-state index contributed by atoms with van der Waals surface area (Å²) in [6.07, 6.45) is 1.38. The van der Waals surface area contributed by atoms with Gasteiger partial charge in [-0.2, -0.15) is 0 Å². The van der Waals surface area contributed by atoms with E-state index in [1.807, 2.05) is 32.0 Å². The van der Waals surface area contributed by atoms with Crippen LogP contribution in [0.5, 0.6) is 5.75 Å². The van der Waals surface area contributed by atoms with E-state index in [1.54, 1.807) is 30.3 Å². The predicted molar refractivity (Wildman–Crippen MR) is 117 cm³/mol. The molecule has 1 fully saturated rings. The third-order valence-electron chi connectivity index (χ3n) is 5.59. The molecule has 164 valence electrons. The number of ether oxygens (including phenoxy) is 2. The van der Waals surface area contributed by atoms with Gasteiger partial charge in [0.15, 0.2) is 0 Å². The number of nitrogens with one attached hydrogen (secondary N) is 2. The van der Waals surface area contributed by atoms with Gasteiger partial charge in [0.25, 0.3) is 5.91 Å². The van der Waals surface area contributed by atoms with Gasteiger partial charge in [-0.25, -0.2) is 0 Å². The van der Waals surface area contributed by atoms with E-state index in [2.05, 4.69) is 10.6 Å². The minimum absolute atomic E-state index is 0.236. The molecule has 1 atom stereocenters. The Hall–Kier alpha value is -3.19. The van der Waals surface area contributed by atoms with Crippen LogP contribution in [0.25, 0.3) is 0 Å². The van der Waals surface area contributed by atoms with E-state index in [9.17, 15) is 14.4 Å². The van der Waals surface area contributed by atoms with Crippen LogP contribution in [-0.4, -0.2) is 37.5 Å². The molecule has 0 bridgehead atoms. The van der Waals surface area contributed by atoms with E-state index in [0.717, 1.165) is 5.56 Å². The molecule has 1 aliphatic rings. The first kappa shape index (κ1) is 22.5. The molecule has 7 heteroatoms. The Morgan fingerprint density at radius 2 is 1.81 bits per heavy atom. The van der Waals surface area contributed by atoms with E-state index >= 15 is 0 Å². The molecule has 2 aromatic carbocycles. The zero-order valence-electron chi connectivity index (χ0n) is 17.9. The molecule has 1 unspecified atom stereocenters. The molecule has 0 spiro atoms. The fourth-order valence-corrected chi connectivity index (χ4v) is 3.77. The maximum atomic E-state index is 12.8. The van der Waals surface area contributed by atoms with E-state index in [0.29, 0.717) is 56.1 Å². The first-order chi connectivity index (χ1) is 15.0. The maximum Gasteiger partial charge on any atom is 0.259 e. The highest BCUT2D eigenvalue weighted by molar-refractivity contribution is 6.06. The van der Waals surface area contributed by atoms with E-state index < -0.39 is 5.41 Å². The molecule has 2 aromatic rings. The molecule has 1 aliphatic heterocycles. The molecule has 3 rings (SSSR count). The van der Waals surface area contributed by atoms with Gasteiger partial charge in [-0.15, -0.1) is 0 Å². The molecular weight excluding hydrogens is 396 g/mol. The first-order valence-corrected chi connectivity index (χ1v) is 10.6. The standard InChI is InChI=1S/C24H28N2O5/c1-3-24(14-13-21(27)26-23(24)29)17-9-11-18(12-10-17)25-22(28)19-7-5-6-8-20(19)31-16-15-30-4-2/h5-12H,3-4,13-16H2,1-2H3,(H,25,28)(H,26,27,29). The van der Waals surface area contributed by atoms with Crippen molar-refractivity contribution in [3.63, 3.8) is 0 Å². The molecule has 7 nitrogen and oxygen atoms in total. The summed E-state index contributed by atoms with van der Waals surface area (Å²) in [4.78, 5) is 36.9. The van der Waals surface area contributed by atoms with Crippen LogP contribution < -0.4 is 15.4 Å². The average molecular weight is 424 g/mol. The van der Waals surface area contributed by atoms with Gasteiger partial charge < -0.3 is 14.8 Å². The lowest BCUT2D eigenvalue weighted by Gasteiger charge is -2.35. The lowest BCUT2D eigenvalue weighted by atomic mass is 9.72. The van der Waals surface area contributed by atoms with Crippen molar-refractivity contribution in [1.82, 2.24) is 5.32 Å². The Morgan fingerprint density at radius 3 is 2.48 bits per heavy atom. The van der Waals surface area contributed by atoms with Gasteiger partial charge in [0.05, 0.1) is 17.6 Å². The quantitative estimate of drug-likeness (QED) is 0.475. The second kappa shape index (κ2) is 10.2. The summed E-state index contributed by atoms with van der Waals surface area (Å²) in [7, 11) is 0. The summed E-state index contributed by atoms with van der Waals surface area (Å²) in [6, 6.07) is 14.2. The number of carbonyl (C=O) groups excluding carboxylic acids is 3. The maximum absolute atomic E-state index is 12.8. The van der Waals surface area contributed by atoms with Gasteiger partial charge >= 0.3 is 0 Å². The normalized spacial score (nSPS) is 18.4. The SMILES string of the molecule is CCOCCOc1ccccc1C(=O)Nc1ccc(C2(CC)CCC(=O)NC2=O)cc1. The minimum Gasteiger partial charge on any atom is -0.490 e. The van der Waals surface area contributed by atoms with Gasteiger partial charge in [0, 0.05) is 18.7 Å². The van der Waals surface area contributed by atoms with Gasteiger partial charge in [0.2, 0.25) is 11.8 Å². The Bertz CT molecular complexity index is 941. The molecule has 3 amide bonds. The summed E-state index contributed by atoms with van der Waals surface area (Å²) < 4.78 is 11.0. The first-order valence-electron chi connectivity index (χ1n) is 10.6. The second-order valence-electron chi connectivity index (χ2n) is 7.39. The zero-order chi connectivity index (χ0) is 22.3. The molecule has 0 saturated carbocycles. The molecule has 0 aliphatic carbocycles. The fraction of sp³-hybridized carbons (Fsp3) is 0.375. The summed E-state index contributed by atoms with van der Waals surface area (Å²) in [5, 5.41) is 5.32. The molecule has 0 aromatic heterocycles. The van der Waals surface area contributed by atoms with Crippen molar-refractivity contribution >= 4 is 23.4 Å². The van der Waals surface area contributed by atoms with Crippen LogP contribution in [0.3, 0.4) is 0 Å². The van der Waals surface area contributed by atoms with Crippen molar-refractivity contribution in [1.29, 1.82) is 0 Å². The van der Waals surface area contributed by atoms with Gasteiger partial charge in [-0.1, -0.05) is 31.2 Å². The fourth-order valence-electron chi connectivity index (χ4n) is 3.77. The van der Waals surface area contributed by atoms with Crippen LogP contribution in [0.2, 0.25) is 0 Å². The van der Waals surface area contributed by atoms with E-state index in [1.165, 1.54) is 0 Å². The van der Waals surface area contributed by atoms with Gasteiger partial charge in [-0.3, -0.25) is 19.7 Å². The summed E-state index contributed by atoms with van der Waals surface area (Å²) in [5.74, 6) is -0.294. The summed E-state index contributed by atoms with van der Waals surface area (Å²) in [5.41, 5.74) is 1.14. The number of benzene rings is 2. The topological polar surface area (TPSA) is 93.7 Å². The Morgan fingerprint density at radius 1 is 1.06 bits per heavy atom. The lowest BCUT2D eigenvalue weighted by Crippen LogP contribution is -2.51. The molecule has 1 saturated heterocycles. The number of hydrogen-bond acceptors (Lipinski definition) is 5. The number of carbonyl (C=O) groups is 3. The van der Waals surface area contributed by atoms with Crippen LogP contribution in [0, 0.1) is 0 Å². The van der Waals surface area contributed by atoms with E-state index in [4.69, 9.17) is 9.47 Å². The number of amides is 3. The highest BCUT2D eigenvalue weighted by Gasteiger charge is 2.42. The number of piperidine rings is 1. The third-order valence-corrected chi connectivity index (χ3v) is 5.59. The molecule has 2 N–H and O–H groups in total. The summed E-state index contributed by atoms with van der Waals surface area (Å²) in [6.45, 7) is 5.27. The largest absolute Gasteiger partial charge is 0.490 e. The van der Waals surface area contributed by atoms with Crippen LogP contribution >= 0.6 is 0 Å². The molecular formula is C24H28N2O5. The average Bonchev–Trinajstić information content (AvgIpc) is 2.78. The number of hydrogen-bond donors (Lipinski definition) is 2. The van der Waals surface area contributed by atoms with Gasteiger partial charge in [0.1, 0.15) is 12.4 Å². The Labute approximate surface area is 182 Å². The zero-order valence-corrected chi connectivity index (χ0v) is 17.9. The van der Waals surface area contributed by atoms with Crippen molar-refractivity contribution in [2.24, 2.45) is 0 Å². The highest BCUT2D eigenvalue weighted by atomic mass is 16.5. The Balaban J connectivity index is 1.71. The van der Waals surface area contributed by atoms with Crippen LogP contribution in [-0.2, 0) is 19.7 Å². The molecule has 31 heavy (non-hydrogen) atoms. The monoisotopic (exact) mass is 424 g/mol. The van der Waals surface area contributed by atoms with E-state index in [-0.39, 0.29) is 17.7 Å². The molecule has 1 heterocycles. The number of anilines is 1. The number of imide groups is 1. The van der Waals surface area contributed by atoms with Crippen LogP contribution in [0.15, 0.2) is 48.5 Å².